The lowest BCUT2D eigenvalue weighted by Gasteiger charge is -2.16. The highest BCUT2D eigenvalue weighted by molar-refractivity contribution is 7.99. The van der Waals surface area contributed by atoms with E-state index in [1.165, 1.54) is 17.5 Å². The zero-order chi connectivity index (χ0) is 20.0. The largest absolute Gasteiger partial charge is 0.347 e. The monoisotopic (exact) mass is 422 g/mol. The van der Waals surface area contributed by atoms with Crippen molar-refractivity contribution in [2.75, 3.05) is 5.75 Å². The number of amides is 1. The number of rotatable bonds is 8. The van der Waals surface area contributed by atoms with Crippen molar-refractivity contribution >= 4 is 29.0 Å². The summed E-state index contributed by atoms with van der Waals surface area (Å²) in [7, 11) is 0. The quantitative estimate of drug-likeness (QED) is 0.489. The van der Waals surface area contributed by atoms with Gasteiger partial charge in [0.25, 0.3) is 11.8 Å². The number of thioether (sulfide) groups is 1. The second-order valence-corrected chi connectivity index (χ2v) is 8.04. The summed E-state index contributed by atoms with van der Waals surface area (Å²) >= 11 is 2.64. The lowest BCUT2D eigenvalue weighted by atomic mass is 10.1. The summed E-state index contributed by atoms with van der Waals surface area (Å²) in [6.07, 6.45) is 1.08. The van der Waals surface area contributed by atoms with Crippen molar-refractivity contribution < 1.29 is 18.0 Å². The first kappa shape index (κ1) is 20.4. The molecule has 0 aliphatic rings. The fourth-order valence-corrected chi connectivity index (χ4v) is 4.12. The Hall–Kier alpha value is -2.32. The SMILES string of the molecule is O=C(NCc1cccs1)c1cccnc1SCCC(F)(F)c1ccc(F)cc1. The molecule has 2 heterocycles. The van der Waals surface area contributed by atoms with Crippen molar-refractivity contribution in [2.24, 2.45) is 0 Å². The van der Waals surface area contributed by atoms with Gasteiger partial charge >= 0.3 is 0 Å². The first-order valence-corrected chi connectivity index (χ1v) is 10.3. The van der Waals surface area contributed by atoms with E-state index in [1.54, 1.807) is 12.1 Å². The molecule has 0 bridgehead atoms. The smallest absolute Gasteiger partial charge is 0.274 e. The van der Waals surface area contributed by atoms with Crippen LogP contribution in [0, 0.1) is 5.82 Å². The van der Waals surface area contributed by atoms with Gasteiger partial charge in [-0.05, 0) is 35.7 Å². The minimum absolute atomic E-state index is 0.0621. The number of nitrogens with zero attached hydrogens (tertiary/aromatic N) is 1. The van der Waals surface area contributed by atoms with Crippen molar-refractivity contribution in [3.63, 3.8) is 0 Å². The van der Waals surface area contributed by atoms with E-state index < -0.39 is 18.2 Å². The van der Waals surface area contributed by atoms with E-state index in [9.17, 15) is 18.0 Å². The second kappa shape index (κ2) is 9.25. The number of alkyl halides is 2. The molecule has 0 spiro atoms. The van der Waals surface area contributed by atoms with Crippen LogP contribution < -0.4 is 5.32 Å². The Morgan fingerprint density at radius 2 is 1.93 bits per heavy atom. The third-order valence-electron chi connectivity index (χ3n) is 3.94. The van der Waals surface area contributed by atoms with Gasteiger partial charge < -0.3 is 5.32 Å². The summed E-state index contributed by atoms with van der Waals surface area (Å²) in [6, 6.07) is 11.3. The van der Waals surface area contributed by atoms with Gasteiger partial charge in [0.1, 0.15) is 10.8 Å². The van der Waals surface area contributed by atoms with E-state index in [2.05, 4.69) is 10.3 Å². The summed E-state index contributed by atoms with van der Waals surface area (Å²) in [6.45, 7) is 0.401. The average Bonchev–Trinajstić information content (AvgIpc) is 3.20. The van der Waals surface area contributed by atoms with E-state index in [0.717, 1.165) is 40.9 Å². The van der Waals surface area contributed by atoms with Gasteiger partial charge in [-0.25, -0.2) is 18.2 Å². The molecule has 3 nitrogen and oxygen atoms in total. The molecule has 0 radical (unpaired) electrons. The number of carbonyl (C=O) groups excluding carboxylic acids is 1. The Labute approximate surface area is 169 Å². The van der Waals surface area contributed by atoms with Gasteiger partial charge in [-0.2, -0.15) is 0 Å². The highest BCUT2D eigenvalue weighted by Gasteiger charge is 2.31. The van der Waals surface area contributed by atoms with Crippen LogP contribution in [0.5, 0.6) is 0 Å². The third kappa shape index (κ3) is 5.36. The third-order valence-corrected chi connectivity index (χ3v) is 5.82. The van der Waals surface area contributed by atoms with Crippen molar-refractivity contribution in [1.82, 2.24) is 10.3 Å². The molecule has 0 atom stereocenters. The zero-order valence-corrected chi connectivity index (χ0v) is 16.3. The number of hydrogen-bond acceptors (Lipinski definition) is 4. The topological polar surface area (TPSA) is 42.0 Å². The fourth-order valence-electron chi connectivity index (χ4n) is 2.47. The molecule has 3 rings (SSSR count). The average molecular weight is 422 g/mol. The molecule has 0 aliphatic heterocycles. The Kier molecular flexibility index (Phi) is 6.74. The molecule has 146 valence electrons. The molecule has 0 saturated heterocycles. The fraction of sp³-hybridized carbons (Fsp3) is 0.200. The highest BCUT2D eigenvalue weighted by Crippen LogP contribution is 2.34. The number of carbonyl (C=O) groups is 1. The van der Waals surface area contributed by atoms with Crippen LogP contribution in [-0.4, -0.2) is 16.6 Å². The molecule has 0 fully saturated rings. The van der Waals surface area contributed by atoms with Gasteiger partial charge in [-0.3, -0.25) is 4.79 Å². The molecule has 1 aromatic carbocycles. The zero-order valence-electron chi connectivity index (χ0n) is 14.7. The first-order chi connectivity index (χ1) is 13.5. The van der Waals surface area contributed by atoms with Crippen LogP contribution in [0.3, 0.4) is 0 Å². The summed E-state index contributed by atoms with van der Waals surface area (Å²) in [5.41, 5.74) is 0.124. The molecule has 0 unspecified atom stereocenters. The van der Waals surface area contributed by atoms with Gasteiger partial charge in [0.15, 0.2) is 0 Å². The van der Waals surface area contributed by atoms with Crippen LogP contribution in [0.15, 0.2) is 65.1 Å². The maximum Gasteiger partial charge on any atom is 0.274 e. The van der Waals surface area contributed by atoms with E-state index in [1.807, 2.05) is 17.5 Å². The molecule has 28 heavy (non-hydrogen) atoms. The number of benzene rings is 1. The maximum atomic E-state index is 14.3. The van der Waals surface area contributed by atoms with Crippen molar-refractivity contribution in [3.05, 3.63) is 81.9 Å². The molecule has 0 saturated carbocycles. The van der Waals surface area contributed by atoms with Gasteiger partial charge in [0.2, 0.25) is 0 Å². The predicted octanol–water partition coefficient (Wildman–Crippen LogP) is 5.49. The standard InChI is InChI=1S/C20H17F3N2OS2/c21-15-7-5-14(6-8-15)20(22,23)9-12-28-19-17(4-1-10-24-19)18(26)25-13-16-3-2-11-27-16/h1-8,10-11H,9,12-13H2,(H,25,26). The lowest BCUT2D eigenvalue weighted by Crippen LogP contribution is -2.23. The Bertz CT molecular complexity index is 915. The minimum atomic E-state index is -3.09. The molecular formula is C20H17F3N2OS2. The number of hydrogen-bond donors (Lipinski definition) is 1. The van der Waals surface area contributed by atoms with Crippen LogP contribution in [0.2, 0.25) is 0 Å². The Morgan fingerprint density at radius 3 is 2.64 bits per heavy atom. The number of nitrogens with one attached hydrogen (secondary N) is 1. The lowest BCUT2D eigenvalue weighted by molar-refractivity contribution is -0.00707. The molecule has 2 aromatic heterocycles. The molecule has 1 N–H and O–H groups in total. The summed E-state index contributed by atoms with van der Waals surface area (Å²) in [4.78, 5) is 17.6. The van der Waals surface area contributed by atoms with E-state index in [-0.39, 0.29) is 17.2 Å². The van der Waals surface area contributed by atoms with E-state index >= 15 is 0 Å². The van der Waals surface area contributed by atoms with Crippen molar-refractivity contribution in [1.29, 1.82) is 0 Å². The molecular weight excluding hydrogens is 405 g/mol. The van der Waals surface area contributed by atoms with Crippen LogP contribution in [-0.2, 0) is 12.5 Å². The molecule has 1 amide bonds. The van der Waals surface area contributed by atoms with Crippen LogP contribution >= 0.6 is 23.1 Å². The molecule has 8 heteroatoms. The van der Waals surface area contributed by atoms with Crippen LogP contribution in [0.4, 0.5) is 13.2 Å². The number of aromatic nitrogens is 1. The van der Waals surface area contributed by atoms with Gasteiger partial charge in [0, 0.05) is 28.8 Å². The minimum Gasteiger partial charge on any atom is -0.347 e. The highest BCUT2D eigenvalue weighted by atomic mass is 32.2. The maximum absolute atomic E-state index is 14.3. The van der Waals surface area contributed by atoms with Crippen LogP contribution in [0.25, 0.3) is 0 Å². The number of thiophene rings is 1. The second-order valence-electron chi connectivity index (χ2n) is 5.93. The van der Waals surface area contributed by atoms with E-state index in [0.29, 0.717) is 17.1 Å². The molecule has 0 aliphatic carbocycles. The number of pyridine rings is 1. The van der Waals surface area contributed by atoms with Gasteiger partial charge in [-0.1, -0.05) is 18.2 Å². The molecule has 3 aromatic rings. The summed E-state index contributed by atoms with van der Waals surface area (Å²) in [5.74, 6) is -3.88. The van der Waals surface area contributed by atoms with Gasteiger partial charge in [0.05, 0.1) is 12.1 Å². The normalized spacial score (nSPS) is 11.4. The van der Waals surface area contributed by atoms with E-state index in [4.69, 9.17) is 0 Å². The number of halogens is 3. The Balaban J connectivity index is 1.60. The van der Waals surface area contributed by atoms with Crippen LogP contribution in [0.1, 0.15) is 27.2 Å². The summed E-state index contributed by atoms with van der Waals surface area (Å²) in [5, 5.41) is 5.14. The predicted molar refractivity (Wildman–Crippen MR) is 105 cm³/mol. The summed E-state index contributed by atoms with van der Waals surface area (Å²) < 4.78 is 41.5. The first-order valence-electron chi connectivity index (χ1n) is 8.48. The van der Waals surface area contributed by atoms with Gasteiger partial charge in [-0.15, -0.1) is 23.1 Å². The van der Waals surface area contributed by atoms with Crippen molar-refractivity contribution in [2.45, 2.75) is 23.9 Å². The van der Waals surface area contributed by atoms with Crippen molar-refractivity contribution in [3.8, 4) is 0 Å². The Morgan fingerprint density at radius 1 is 1.14 bits per heavy atom.